The molecule has 1 aliphatic rings. The predicted octanol–water partition coefficient (Wildman–Crippen LogP) is 1.73. The molecule has 3 nitrogen and oxygen atoms in total. The van der Waals surface area contributed by atoms with Gasteiger partial charge in [-0.1, -0.05) is 0 Å². The van der Waals surface area contributed by atoms with E-state index in [9.17, 15) is 14.4 Å². The molecule has 0 fully saturated rings. The van der Waals surface area contributed by atoms with Crippen LogP contribution in [0.2, 0.25) is 0 Å². The van der Waals surface area contributed by atoms with Gasteiger partial charge in [-0.3, -0.25) is 0 Å². The number of allylic oxidation sites excluding steroid dienone is 4. The van der Waals surface area contributed by atoms with E-state index in [1.54, 1.807) is 6.08 Å². The van der Waals surface area contributed by atoms with Crippen molar-refractivity contribution in [2.24, 2.45) is 0 Å². The third-order valence-electron chi connectivity index (χ3n) is 2.25. The number of rotatable bonds is 4. The molecule has 0 radical (unpaired) electrons. The summed E-state index contributed by atoms with van der Waals surface area (Å²) in [6, 6.07) is 0. The van der Waals surface area contributed by atoms with Gasteiger partial charge >= 0.3 is 91.9 Å². The van der Waals surface area contributed by atoms with Gasteiger partial charge in [0.15, 0.2) is 0 Å². The average Bonchev–Trinajstić information content (AvgIpc) is 2.23. The van der Waals surface area contributed by atoms with Crippen LogP contribution in [0.1, 0.15) is 25.7 Å². The van der Waals surface area contributed by atoms with Crippen molar-refractivity contribution in [3.63, 3.8) is 0 Å². The first-order chi connectivity index (χ1) is 7.29. The normalized spacial score (nSPS) is 18.3. The van der Waals surface area contributed by atoms with Crippen molar-refractivity contribution in [2.45, 2.75) is 25.7 Å². The fourth-order valence-electron chi connectivity index (χ4n) is 1.38. The predicted molar refractivity (Wildman–Crippen MR) is 55.9 cm³/mol. The Morgan fingerprint density at radius 1 is 1.07 bits per heavy atom. The van der Waals surface area contributed by atoms with Crippen molar-refractivity contribution in [3.05, 3.63) is 22.4 Å². The van der Waals surface area contributed by atoms with E-state index in [1.165, 1.54) is 0 Å². The number of hydrogen-bond acceptors (Lipinski definition) is 3. The molecule has 0 aliphatic heterocycles. The van der Waals surface area contributed by atoms with Crippen LogP contribution in [0.4, 0.5) is 0 Å². The van der Waals surface area contributed by atoms with Gasteiger partial charge in [0.2, 0.25) is 0 Å². The molecule has 0 saturated carbocycles. The van der Waals surface area contributed by atoms with E-state index in [2.05, 4.69) is 0 Å². The molecule has 0 heterocycles. The quantitative estimate of drug-likeness (QED) is 0.586. The monoisotopic (exact) mass is 296 g/mol. The minimum atomic E-state index is -3.45. The fourth-order valence-corrected chi connectivity index (χ4v) is 4.18. The standard InChI is InChI=1S/C8H11.3CHO.Ru/c1-2-4-6-8-7-5-3-1;3*1-2;/h1-3H,4,6-8H2;3*1H;. The first kappa shape index (κ1) is 12.2. The summed E-state index contributed by atoms with van der Waals surface area (Å²) in [6.45, 7) is 0. The topological polar surface area (TPSA) is 51.2 Å². The Hall–Kier alpha value is -0.887. The zero-order chi connectivity index (χ0) is 11.1. The van der Waals surface area contributed by atoms with Crippen LogP contribution in [-0.4, -0.2) is 14.6 Å². The molecular formula is C11H14O3Ru. The van der Waals surface area contributed by atoms with Gasteiger partial charge < -0.3 is 0 Å². The van der Waals surface area contributed by atoms with Gasteiger partial charge in [0.25, 0.3) is 0 Å². The van der Waals surface area contributed by atoms with Crippen molar-refractivity contribution in [1.82, 2.24) is 0 Å². The van der Waals surface area contributed by atoms with Gasteiger partial charge in [-0.05, 0) is 0 Å². The maximum absolute atomic E-state index is 10.9. The van der Waals surface area contributed by atoms with Gasteiger partial charge in [0, 0.05) is 0 Å². The summed E-state index contributed by atoms with van der Waals surface area (Å²) >= 11 is -3.45. The Bertz CT molecular complexity index is 296. The molecule has 0 spiro atoms. The third-order valence-corrected chi connectivity index (χ3v) is 6.94. The van der Waals surface area contributed by atoms with Crippen molar-refractivity contribution in [3.8, 4) is 0 Å². The molecule has 0 aromatic rings. The molecule has 0 aromatic carbocycles. The zero-order valence-electron chi connectivity index (χ0n) is 8.37. The molecule has 0 aromatic heterocycles. The van der Waals surface area contributed by atoms with Crippen LogP contribution in [0.3, 0.4) is 0 Å². The summed E-state index contributed by atoms with van der Waals surface area (Å²) in [5.41, 5.74) is 0. The summed E-state index contributed by atoms with van der Waals surface area (Å²) in [6.07, 6.45) is 9.33. The number of carbonyl (C=O) groups is 3. The number of carbonyl (C=O) groups excluding carboxylic acids is 3. The second-order valence-corrected chi connectivity index (χ2v) is 8.77. The van der Waals surface area contributed by atoms with Crippen molar-refractivity contribution in [2.75, 3.05) is 0 Å². The molecule has 15 heavy (non-hydrogen) atoms. The Morgan fingerprint density at radius 3 is 2.33 bits per heavy atom. The van der Waals surface area contributed by atoms with Gasteiger partial charge in [-0.25, -0.2) is 0 Å². The summed E-state index contributed by atoms with van der Waals surface area (Å²) < 4.78 is 0.766. The van der Waals surface area contributed by atoms with Crippen LogP contribution in [0.5, 0.6) is 0 Å². The Labute approximate surface area is 92.1 Å². The maximum atomic E-state index is 10.9. The van der Waals surface area contributed by atoms with Crippen molar-refractivity contribution in [1.29, 1.82) is 0 Å². The van der Waals surface area contributed by atoms with Crippen LogP contribution < -0.4 is 0 Å². The van der Waals surface area contributed by atoms with Crippen LogP contribution in [0.25, 0.3) is 0 Å². The van der Waals surface area contributed by atoms with E-state index >= 15 is 0 Å². The van der Waals surface area contributed by atoms with E-state index in [-0.39, 0.29) is 0 Å². The zero-order valence-corrected chi connectivity index (χ0v) is 10.1. The van der Waals surface area contributed by atoms with E-state index in [0.717, 1.165) is 23.4 Å². The van der Waals surface area contributed by atoms with Gasteiger partial charge in [-0.2, -0.15) is 0 Å². The molecular weight excluding hydrogens is 281 g/mol. The molecule has 84 valence electrons. The van der Waals surface area contributed by atoms with E-state index in [4.69, 9.17) is 0 Å². The van der Waals surface area contributed by atoms with E-state index < -0.39 is 14.8 Å². The Kier molecular flexibility index (Phi) is 4.76. The molecule has 1 rings (SSSR count). The summed E-state index contributed by atoms with van der Waals surface area (Å²) in [4.78, 5) is 34.6. The van der Waals surface area contributed by atoms with E-state index in [0.29, 0.717) is 21.1 Å². The summed E-state index contributed by atoms with van der Waals surface area (Å²) in [5.74, 6) is 0. The van der Waals surface area contributed by atoms with Crippen LogP contribution in [0.15, 0.2) is 22.4 Å². The third kappa shape index (κ3) is 2.79. The van der Waals surface area contributed by atoms with Crippen LogP contribution in [-0.2, 0) is 29.2 Å². The van der Waals surface area contributed by atoms with Crippen molar-refractivity contribution < 1.29 is 29.2 Å². The minimum absolute atomic E-state index is 0.595. The summed E-state index contributed by atoms with van der Waals surface area (Å²) in [5, 5.41) is 0. The SMILES string of the molecule is O=[CH][Ru]([CH]=O)([CH]=O)[C]1=CC=CCCCC1. The van der Waals surface area contributed by atoms with Crippen molar-refractivity contribution >= 4 is 14.6 Å². The van der Waals surface area contributed by atoms with Crippen LogP contribution >= 0.6 is 0 Å². The Balaban J connectivity index is 3.04. The molecule has 0 N–H and O–H groups in total. The second kappa shape index (κ2) is 5.86. The van der Waals surface area contributed by atoms with Gasteiger partial charge in [0.1, 0.15) is 0 Å². The molecule has 0 amide bonds. The molecule has 0 saturated heterocycles. The number of hydrogen-bond donors (Lipinski definition) is 0. The molecule has 0 bridgehead atoms. The molecule has 0 atom stereocenters. The average molecular weight is 295 g/mol. The second-order valence-electron chi connectivity index (χ2n) is 3.18. The first-order valence-corrected chi connectivity index (χ1v) is 8.59. The van der Waals surface area contributed by atoms with Gasteiger partial charge in [-0.15, -0.1) is 0 Å². The van der Waals surface area contributed by atoms with Gasteiger partial charge in [0.05, 0.1) is 0 Å². The first-order valence-electron chi connectivity index (χ1n) is 4.71. The van der Waals surface area contributed by atoms with Crippen LogP contribution in [0, 0.1) is 0 Å². The molecule has 1 aliphatic carbocycles. The Morgan fingerprint density at radius 2 is 1.73 bits per heavy atom. The van der Waals surface area contributed by atoms with E-state index in [1.807, 2.05) is 12.2 Å². The molecule has 4 heteroatoms. The molecule has 0 unspecified atom stereocenters. The fraction of sp³-hybridized carbons (Fsp3) is 0.364. The summed E-state index contributed by atoms with van der Waals surface area (Å²) in [7, 11) is 0.